The highest BCUT2D eigenvalue weighted by atomic mass is 16.5. The van der Waals surface area contributed by atoms with E-state index in [1.165, 1.54) is 7.11 Å². The summed E-state index contributed by atoms with van der Waals surface area (Å²) in [6.45, 7) is 1.79. The maximum atomic E-state index is 13.0. The van der Waals surface area contributed by atoms with E-state index >= 15 is 0 Å². The molecule has 0 amide bonds. The monoisotopic (exact) mass is 353 g/mol. The number of hydrogen-bond donors (Lipinski definition) is 0. The van der Waals surface area contributed by atoms with Crippen molar-refractivity contribution in [2.24, 2.45) is 10.9 Å². The topological polar surface area (TPSA) is 82.0 Å². The first-order valence-electron chi connectivity index (χ1n) is 8.56. The van der Waals surface area contributed by atoms with Gasteiger partial charge in [-0.2, -0.15) is 0 Å². The highest BCUT2D eigenvalue weighted by molar-refractivity contribution is 6.08. The minimum atomic E-state index is -0.658. The largest absolute Gasteiger partial charge is 0.469 e. The maximum absolute atomic E-state index is 13.0. The molecule has 1 aliphatic heterocycles. The number of methoxy groups -OCH3 is 1. The number of esters is 1. The minimum Gasteiger partial charge on any atom is -0.469 e. The Hall–Kier alpha value is -2.89. The van der Waals surface area contributed by atoms with E-state index < -0.39 is 17.8 Å². The van der Waals surface area contributed by atoms with E-state index in [9.17, 15) is 9.59 Å². The lowest BCUT2D eigenvalue weighted by atomic mass is 9.71. The number of Topliss-reactive ketones (excluding diaryl/α,β-unsaturated/α-hetero) is 1. The van der Waals surface area contributed by atoms with Crippen molar-refractivity contribution in [3.8, 4) is 0 Å². The molecule has 6 nitrogen and oxygen atoms in total. The summed E-state index contributed by atoms with van der Waals surface area (Å²) in [5.41, 5.74) is 1.90. The second-order valence-electron chi connectivity index (χ2n) is 6.65. The molecule has 3 atom stereocenters. The van der Waals surface area contributed by atoms with E-state index in [0.717, 1.165) is 5.76 Å². The molecule has 3 heterocycles. The molecule has 0 fully saturated rings. The molecule has 0 N–H and O–H groups in total. The molecule has 0 radical (unpaired) electrons. The number of ketones is 1. The van der Waals surface area contributed by atoms with E-state index in [1.807, 2.05) is 12.1 Å². The number of rotatable bonds is 3. The minimum absolute atomic E-state index is 0.0285. The Labute approximate surface area is 150 Å². The summed E-state index contributed by atoms with van der Waals surface area (Å²) in [5, 5.41) is 0. The number of carbonyl (C=O) groups excluding carboxylic acids is 2. The van der Waals surface area contributed by atoms with Crippen molar-refractivity contribution < 1.29 is 23.2 Å². The highest BCUT2D eigenvalue weighted by Crippen LogP contribution is 2.46. The predicted molar refractivity (Wildman–Crippen MR) is 92.8 cm³/mol. The van der Waals surface area contributed by atoms with E-state index in [2.05, 4.69) is 4.99 Å². The van der Waals surface area contributed by atoms with Crippen molar-refractivity contribution in [3.05, 3.63) is 59.6 Å². The van der Waals surface area contributed by atoms with Gasteiger partial charge in [-0.25, -0.2) is 0 Å². The molecule has 2 aromatic heterocycles. The predicted octanol–water partition coefficient (Wildman–Crippen LogP) is 3.62. The Balaban J connectivity index is 1.80. The molecule has 2 aliphatic rings. The van der Waals surface area contributed by atoms with Gasteiger partial charge in [0.2, 0.25) is 0 Å². The molecule has 4 rings (SSSR count). The molecule has 134 valence electrons. The van der Waals surface area contributed by atoms with Crippen molar-refractivity contribution in [1.82, 2.24) is 0 Å². The fourth-order valence-corrected chi connectivity index (χ4v) is 3.99. The van der Waals surface area contributed by atoms with Crippen LogP contribution in [0.25, 0.3) is 0 Å². The molecule has 26 heavy (non-hydrogen) atoms. The van der Waals surface area contributed by atoms with Gasteiger partial charge in [0.1, 0.15) is 17.4 Å². The Kier molecular flexibility index (Phi) is 4.11. The van der Waals surface area contributed by atoms with Gasteiger partial charge in [-0.3, -0.25) is 14.6 Å². The Morgan fingerprint density at radius 3 is 2.46 bits per heavy atom. The van der Waals surface area contributed by atoms with Crippen LogP contribution in [0.2, 0.25) is 0 Å². The van der Waals surface area contributed by atoms with E-state index in [-0.39, 0.29) is 11.7 Å². The Bertz CT molecular complexity index is 889. The molecule has 0 saturated heterocycles. The number of nitrogens with zero attached hydrogens (tertiary/aromatic N) is 1. The Morgan fingerprint density at radius 2 is 1.85 bits per heavy atom. The Morgan fingerprint density at radius 1 is 1.15 bits per heavy atom. The van der Waals surface area contributed by atoms with Gasteiger partial charge in [0.15, 0.2) is 5.78 Å². The summed E-state index contributed by atoms with van der Waals surface area (Å²) in [5.74, 6) is -0.294. The van der Waals surface area contributed by atoms with Crippen LogP contribution in [0.4, 0.5) is 0 Å². The van der Waals surface area contributed by atoms with E-state index in [4.69, 9.17) is 13.6 Å². The third-order valence-corrected chi connectivity index (χ3v) is 5.14. The van der Waals surface area contributed by atoms with Crippen molar-refractivity contribution in [3.63, 3.8) is 0 Å². The van der Waals surface area contributed by atoms with Gasteiger partial charge in [0.25, 0.3) is 0 Å². The van der Waals surface area contributed by atoms with Crippen LogP contribution in [0.3, 0.4) is 0 Å². The van der Waals surface area contributed by atoms with Gasteiger partial charge in [-0.1, -0.05) is 0 Å². The van der Waals surface area contributed by atoms with Crippen molar-refractivity contribution in [1.29, 1.82) is 0 Å². The lowest BCUT2D eigenvalue weighted by molar-refractivity contribution is -0.143. The molecular formula is C20H19NO5. The molecule has 0 spiro atoms. The zero-order valence-corrected chi connectivity index (χ0v) is 14.6. The van der Waals surface area contributed by atoms with E-state index in [0.29, 0.717) is 35.6 Å². The third-order valence-electron chi connectivity index (χ3n) is 5.14. The van der Waals surface area contributed by atoms with Gasteiger partial charge < -0.3 is 13.6 Å². The van der Waals surface area contributed by atoms with Crippen LogP contribution < -0.4 is 0 Å². The van der Waals surface area contributed by atoms with Crippen LogP contribution in [0, 0.1) is 5.92 Å². The second-order valence-corrected chi connectivity index (χ2v) is 6.65. The maximum Gasteiger partial charge on any atom is 0.315 e. The molecular weight excluding hydrogens is 334 g/mol. The SMILES string of the molecule is COC(=O)C1C(C)=NC2=C(C(=O)C[C@H](c3ccco3)C2)[C@H]1c1ccco1. The molecule has 0 aromatic carbocycles. The quantitative estimate of drug-likeness (QED) is 0.787. The first kappa shape index (κ1) is 16.6. The lowest BCUT2D eigenvalue weighted by Gasteiger charge is -2.34. The van der Waals surface area contributed by atoms with Crippen molar-refractivity contribution >= 4 is 17.5 Å². The number of ether oxygens (including phenoxy) is 1. The van der Waals surface area contributed by atoms with Gasteiger partial charge in [0.05, 0.1) is 25.6 Å². The average molecular weight is 353 g/mol. The number of furan rings is 2. The first-order valence-corrected chi connectivity index (χ1v) is 8.56. The number of aliphatic imine (C=N–C) groups is 1. The molecule has 0 saturated carbocycles. The van der Waals surface area contributed by atoms with Gasteiger partial charge in [-0.15, -0.1) is 0 Å². The molecule has 0 bridgehead atoms. The van der Waals surface area contributed by atoms with Crippen LogP contribution in [-0.2, 0) is 14.3 Å². The second kappa shape index (κ2) is 6.44. The standard InChI is InChI=1S/C20H19NO5/c1-11-17(20(23)24-2)19(16-6-4-8-26-16)18-13(21-11)9-12(10-14(18)22)15-5-3-7-25-15/h3-8,12,17,19H,9-10H2,1-2H3/t12-,17?,19+/m1/s1. The summed E-state index contributed by atoms with van der Waals surface area (Å²) in [4.78, 5) is 30.1. The number of carbonyl (C=O) groups is 2. The summed E-state index contributed by atoms with van der Waals surface area (Å²) < 4.78 is 16.0. The molecule has 1 aliphatic carbocycles. The first-order chi connectivity index (χ1) is 12.6. The normalized spacial score (nSPS) is 25.7. The van der Waals surface area contributed by atoms with Crippen LogP contribution in [0.1, 0.15) is 43.1 Å². The van der Waals surface area contributed by atoms with Crippen LogP contribution in [0.15, 0.2) is 61.9 Å². The summed E-state index contributed by atoms with van der Waals surface area (Å²) in [6, 6.07) is 7.24. The van der Waals surface area contributed by atoms with E-state index in [1.54, 1.807) is 31.6 Å². The fourth-order valence-electron chi connectivity index (χ4n) is 3.99. The fraction of sp³-hybridized carbons (Fsp3) is 0.350. The number of allylic oxidation sites excluding steroid dienone is 2. The highest BCUT2D eigenvalue weighted by Gasteiger charge is 2.46. The summed E-state index contributed by atoms with van der Waals surface area (Å²) in [7, 11) is 1.34. The molecule has 1 unspecified atom stereocenters. The third kappa shape index (κ3) is 2.62. The zero-order chi connectivity index (χ0) is 18.3. The van der Waals surface area contributed by atoms with Crippen LogP contribution >= 0.6 is 0 Å². The van der Waals surface area contributed by atoms with Gasteiger partial charge in [0, 0.05) is 35.7 Å². The van der Waals surface area contributed by atoms with Gasteiger partial charge >= 0.3 is 5.97 Å². The van der Waals surface area contributed by atoms with Crippen LogP contribution in [0.5, 0.6) is 0 Å². The van der Waals surface area contributed by atoms with Crippen LogP contribution in [-0.4, -0.2) is 24.6 Å². The smallest absolute Gasteiger partial charge is 0.315 e. The zero-order valence-electron chi connectivity index (χ0n) is 14.6. The molecule has 6 heteroatoms. The summed E-state index contributed by atoms with van der Waals surface area (Å²) in [6.07, 6.45) is 4.07. The van der Waals surface area contributed by atoms with Crippen molar-refractivity contribution in [2.45, 2.75) is 31.6 Å². The van der Waals surface area contributed by atoms with Crippen molar-refractivity contribution in [2.75, 3.05) is 7.11 Å². The lowest BCUT2D eigenvalue weighted by Crippen LogP contribution is -2.37. The van der Waals surface area contributed by atoms with Gasteiger partial charge in [-0.05, 0) is 31.2 Å². The average Bonchev–Trinajstić information content (AvgIpc) is 3.33. The molecule has 2 aromatic rings. The summed E-state index contributed by atoms with van der Waals surface area (Å²) >= 11 is 0. The number of hydrogen-bond acceptors (Lipinski definition) is 6.